The monoisotopic (exact) mass is 353 g/mol. The van der Waals surface area contributed by atoms with Crippen LogP contribution in [0.3, 0.4) is 0 Å². The summed E-state index contributed by atoms with van der Waals surface area (Å²) in [6.07, 6.45) is 1.47. The molecule has 1 aliphatic rings. The number of aryl methyl sites for hydroxylation is 1. The molecule has 6 heteroatoms. The number of nitrogens with zero attached hydrogens (tertiary/aromatic N) is 4. The van der Waals surface area contributed by atoms with E-state index >= 15 is 0 Å². The first-order valence-electron chi connectivity index (χ1n) is 9.03. The number of carbonyl (C=O) groups excluding carboxylic acids is 1. The Bertz CT molecular complexity index is 776. The quantitative estimate of drug-likeness (QED) is 0.919. The Morgan fingerprint density at radius 2 is 1.73 bits per heavy atom. The third kappa shape index (κ3) is 4.50. The second kappa shape index (κ2) is 7.32. The highest BCUT2D eigenvalue weighted by Gasteiger charge is 2.21. The minimum Gasteiger partial charge on any atom is -0.368 e. The maximum atomic E-state index is 12.3. The average Bonchev–Trinajstić information content (AvgIpc) is 2.60. The van der Waals surface area contributed by atoms with E-state index < -0.39 is 0 Å². The lowest BCUT2D eigenvalue weighted by atomic mass is 10.1. The minimum absolute atomic E-state index is 0.167. The van der Waals surface area contributed by atoms with Crippen molar-refractivity contribution in [3.63, 3.8) is 0 Å². The largest absolute Gasteiger partial charge is 0.368 e. The molecule has 1 aromatic heterocycles. The summed E-state index contributed by atoms with van der Waals surface area (Å²) in [4.78, 5) is 25.4. The van der Waals surface area contributed by atoms with Crippen molar-refractivity contribution in [3.05, 3.63) is 47.9 Å². The van der Waals surface area contributed by atoms with E-state index in [0.29, 0.717) is 5.69 Å². The molecule has 1 amide bonds. The molecule has 0 radical (unpaired) electrons. The fraction of sp³-hybridized carbons (Fsp3) is 0.450. The number of anilines is 2. The van der Waals surface area contributed by atoms with Gasteiger partial charge in [-0.3, -0.25) is 4.79 Å². The second-order valence-corrected chi connectivity index (χ2v) is 7.78. The van der Waals surface area contributed by atoms with E-state index in [1.54, 1.807) is 6.07 Å². The van der Waals surface area contributed by atoms with Crippen LogP contribution < -0.4 is 15.1 Å². The van der Waals surface area contributed by atoms with Crippen molar-refractivity contribution in [1.29, 1.82) is 0 Å². The molecule has 0 atom stereocenters. The molecule has 1 N–H and O–H groups in total. The molecule has 3 rings (SSSR count). The maximum Gasteiger partial charge on any atom is 0.270 e. The number of benzene rings is 1. The van der Waals surface area contributed by atoms with Crippen molar-refractivity contribution in [2.24, 2.45) is 0 Å². The molecule has 6 nitrogen and oxygen atoms in total. The Morgan fingerprint density at radius 3 is 2.38 bits per heavy atom. The Kier molecular flexibility index (Phi) is 5.11. The van der Waals surface area contributed by atoms with Crippen LogP contribution in [0.4, 0.5) is 11.5 Å². The van der Waals surface area contributed by atoms with Gasteiger partial charge in [-0.05, 0) is 45.4 Å². The van der Waals surface area contributed by atoms with Crippen LogP contribution in [0.1, 0.15) is 36.8 Å². The Morgan fingerprint density at radius 1 is 1.04 bits per heavy atom. The van der Waals surface area contributed by atoms with Gasteiger partial charge in [0, 0.05) is 43.5 Å². The topological polar surface area (TPSA) is 61.4 Å². The zero-order valence-corrected chi connectivity index (χ0v) is 16.0. The number of nitrogens with one attached hydrogen (secondary N) is 1. The molecule has 0 saturated carbocycles. The molecule has 0 aliphatic carbocycles. The summed E-state index contributed by atoms with van der Waals surface area (Å²) in [7, 11) is 0. The Balaban J connectivity index is 1.66. The van der Waals surface area contributed by atoms with Gasteiger partial charge < -0.3 is 15.1 Å². The molecule has 0 spiro atoms. The van der Waals surface area contributed by atoms with E-state index in [2.05, 4.69) is 56.3 Å². The van der Waals surface area contributed by atoms with Gasteiger partial charge in [-0.2, -0.15) is 0 Å². The van der Waals surface area contributed by atoms with Crippen molar-refractivity contribution in [2.45, 2.75) is 33.2 Å². The van der Waals surface area contributed by atoms with Crippen LogP contribution >= 0.6 is 0 Å². The summed E-state index contributed by atoms with van der Waals surface area (Å²) >= 11 is 0. The van der Waals surface area contributed by atoms with Crippen LogP contribution in [-0.2, 0) is 0 Å². The molecule has 2 aromatic rings. The zero-order chi connectivity index (χ0) is 18.7. The van der Waals surface area contributed by atoms with Crippen LogP contribution in [0.25, 0.3) is 0 Å². The van der Waals surface area contributed by atoms with E-state index in [4.69, 9.17) is 0 Å². The van der Waals surface area contributed by atoms with Crippen molar-refractivity contribution in [1.82, 2.24) is 15.3 Å². The Hall–Kier alpha value is -2.63. The van der Waals surface area contributed by atoms with Crippen LogP contribution in [0.5, 0.6) is 0 Å². The van der Waals surface area contributed by atoms with E-state index in [1.807, 2.05) is 20.8 Å². The molecular formula is C20H27N5O. The maximum absolute atomic E-state index is 12.3. The molecule has 0 bridgehead atoms. The summed E-state index contributed by atoms with van der Waals surface area (Å²) in [6, 6.07) is 10.4. The van der Waals surface area contributed by atoms with Gasteiger partial charge in [0.2, 0.25) is 0 Å². The van der Waals surface area contributed by atoms with Crippen LogP contribution in [-0.4, -0.2) is 47.6 Å². The summed E-state index contributed by atoms with van der Waals surface area (Å²) in [6.45, 7) is 11.6. The van der Waals surface area contributed by atoms with Gasteiger partial charge in [-0.25, -0.2) is 9.97 Å². The van der Waals surface area contributed by atoms with Crippen LogP contribution in [0.15, 0.2) is 36.7 Å². The first-order chi connectivity index (χ1) is 12.3. The van der Waals surface area contributed by atoms with Gasteiger partial charge in [0.1, 0.15) is 17.8 Å². The molecule has 26 heavy (non-hydrogen) atoms. The fourth-order valence-corrected chi connectivity index (χ4v) is 3.07. The fourth-order valence-electron chi connectivity index (χ4n) is 3.07. The summed E-state index contributed by atoms with van der Waals surface area (Å²) in [5.74, 6) is 0.641. The van der Waals surface area contributed by atoms with Gasteiger partial charge in [-0.15, -0.1) is 0 Å². The third-order valence-electron chi connectivity index (χ3n) is 4.34. The minimum atomic E-state index is -0.290. The van der Waals surface area contributed by atoms with E-state index in [1.165, 1.54) is 17.6 Å². The first kappa shape index (κ1) is 18.2. The predicted octanol–water partition coefficient (Wildman–Crippen LogP) is 2.64. The van der Waals surface area contributed by atoms with Crippen molar-refractivity contribution in [3.8, 4) is 0 Å². The summed E-state index contributed by atoms with van der Waals surface area (Å²) in [5, 5.41) is 2.94. The van der Waals surface area contributed by atoms with Crippen LogP contribution in [0.2, 0.25) is 0 Å². The predicted molar refractivity (Wildman–Crippen MR) is 105 cm³/mol. The molecule has 1 saturated heterocycles. The summed E-state index contributed by atoms with van der Waals surface area (Å²) in [5.41, 5.74) is 2.65. The number of rotatable bonds is 3. The first-order valence-corrected chi connectivity index (χ1v) is 9.03. The van der Waals surface area contributed by atoms with Crippen molar-refractivity contribution < 1.29 is 4.79 Å². The van der Waals surface area contributed by atoms with Crippen molar-refractivity contribution in [2.75, 3.05) is 36.0 Å². The molecule has 2 heterocycles. The number of hydrogen-bond acceptors (Lipinski definition) is 5. The standard InChI is InChI=1S/C20H27N5O/c1-15-6-5-7-16(12-15)24-8-10-25(11-9-24)18-13-17(21-14-22-18)19(26)23-20(2,3)4/h5-7,12-14H,8-11H2,1-4H3,(H,23,26). The lowest BCUT2D eigenvalue weighted by Gasteiger charge is -2.36. The number of hydrogen-bond donors (Lipinski definition) is 1. The van der Waals surface area contributed by atoms with E-state index in [-0.39, 0.29) is 11.4 Å². The van der Waals surface area contributed by atoms with Gasteiger partial charge in [-0.1, -0.05) is 12.1 Å². The smallest absolute Gasteiger partial charge is 0.270 e. The lowest BCUT2D eigenvalue weighted by molar-refractivity contribution is 0.0914. The highest BCUT2D eigenvalue weighted by Crippen LogP contribution is 2.20. The van der Waals surface area contributed by atoms with Crippen LogP contribution in [0, 0.1) is 6.92 Å². The van der Waals surface area contributed by atoms with Gasteiger partial charge in [0.05, 0.1) is 0 Å². The molecular weight excluding hydrogens is 326 g/mol. The zero-order valence-electron chi connectivity index (χ0n) is 16.0. The number of amides is 1. The highest BCUT2D eigenvalue weighted by molar-refractivity contribution is 5.93. The molecule has 138 valence electrons. The Labute approximate surface area is 155 Å². The average molecular weight is 353 g/mol. The SMILES string of the molecule is Cc1cccc(N2CCN(c3cc(C(=O)NC(C)(C)C)ncn3)CC2)c1. The number of carbonyl (C=O) groups is 1. The number of piperazine rings is 1. The lowest BCUT2D eigenvalue weighted by Crippen LogP contribution is -2.47. The molecule has 1 aliphatic heterocycles. The number of aromatic nitrogens is 2. The van der Waals surface area contributed by atoms with Gasteiger partial charge in [0.25, 0.3) is 5.91 Å². The summed E-state index contributed by atoms with van der Waals surface area (Å²) < 4.78 is 0. The van der Waals surface area contributed by atoms with E-state index in [0.717, 1.165) is 32.0 Å². The normalized spacial score (nSPS) is 15.1. The van der Waals surface area contributed by atoms with Gasteiger partial charge >= 0.3 is 0 Å². The molecule has 1 aromatic carbocycles. The van der Waals surface area contributed by atoms with E-state index in [9.17, 15) is 4.79 Å². The third-order valence-corrected chi connectivity index (χ3v) is 4.34. The molecule has 1 fully saturated rings. The highest BCUT2D eigenvalue weighted by atomic mass is 16.2. The van der Waals surface area contributed by atoms with Gasteiger partial charge in [0.15, 0.2) is 0 Å². The molecule has 0 unspecified atom stereocenters. The van der Waals surface area contributed by atoms with Crippen molar-refractivity contribution >= 4 is 17.4 Å². The second-order valence-electron chi connectivity index (χ2n) is 7.78.